The van der Waals surface area contributed by atoms with Crippen LogP contribution < -0.4 is 0 Å². The third kappa shape index (κ3) is 9.88. The first kappa shape index (κ1) is 41.8. The van der Waals surface area contributed by atoms with Gasteiger partial charge in [-0.1, -0.05) is 53.7 Å². The first-order valence-electron chi connectivity index (χ1n) is 17.5. The van der Waals surface area contributed by atoms with Crippen LogP contribution in [0.15, 0.2) is 68.3 Å². The molecule has 0 heterocycles. The number of ether oxygens (including phenoxy) is 2. The lowest BCUT2D eigenvalue weighted by molar-refractivity contribution is -0.147. The molecule has 4 atom stereocenters. The van der Waals surface area contributed by atoms with E-state index >= 15 is 0 Å². The van der Waals surface area contributed by atoms with Gasteiger partial charge in [-0.25, -0.2) is 0 Å². The molecule has 0 aliphatic heterocycles. The third-order valence-corrected chi connectivity index (χ3v) is 9.65. The zero-order valence-corrected chi connectivity index (χ0v) is 31.3. The van der Waals surface area contributed by atoms with Gasteiger partial charge in [-0.05, 0) is 89.2 Å². The van der Waals surface area contributed by atoms with E-state index in [0.717, 1.165) is 11.1 Å². The van der Waals surface area contributed by atoms with Gasteiger partial charge in [0.05, 0.1) is 11.8 Å². The number of ketones is 4. The van der Waals surface area contributed by atoms with E-state index in [-0.39, 0.29) is 70.4 Å². The van der Waals surface area contributed by atoms with E-state index in [0.29, 0.717) is 38.5 Å². The topological polar surface area (TPSA) is 161 Å². The number of esters is 2. The van der Waals surface area contributed by atoms with Crippen molar-refractivity contribution >= 4 is 35.1 Å². The highest BCUT2D eigenvalue weighted by molar-refractivity contribution is 6.52. The van der Waals surface area contributed by atoms with E-state index < -0.39 is 46.5 Å². The second-order valence-corrected chi connectivity index (χ2v) is 13.7. The lowest BCUT2D eigenvalue weighted by Gasteiger charge is -2.28. The zero-order chi connectivity index (χ0) is 38.0. The molecule has 0 amide bonds. The van der Waals surface area contributed by atoms with Crippen LogP contribution in [-0.4, -0.2) is 58.5 Å². The first-order chi connectivity index (χ1) is 23.4. The molecule has 50 heavy (non-hydrogen) atoms. The number of carbonyl (C=O) groups excluding carboxylic acids is 6. The van der Waals surface area contributed by atoms with Gasteiger partial charge in [0.15, 0.2) is 0 Å². The standard InChI is InChI=1S/C40H54O10/c1-11-23(5)39(47)49-19-21(3)15-13-17-25(7)29-35(43)31(27(9)33(41)37(29)45)32-28(10)34(42)38(46)30(36(32)44)26(8)18-14-16-22(4)20-50-40(48)24(6)12-2/h15-16,23-26,43-44H,11-14,17-20H2,1-10H3/b21-15-,22-16-/t23-,24+,25-,26-/m0/s1. The van der Waals surface area contributed by atoms with Gasteiger partial charge in [0, 0.05) is 33.4 Å². The molecule has 0 saturated heterocycles. The molecule has 2 aliphatic carbocycles. The average Bonchev–Trinajstić information content (AvgIpc) is 3.08. The van der Waals surface area contributed by atoms with Gasteiger partial charge in [-0.15, -0.1) is 0 Å². The van der Waals surface area contributed by atoms with E-state index in [1.165, 1.54) is 13.8 Å². The fourth-order valence-electron chi connectivity index (χ4n) is 5.73. The molecule has 0 spiro atoms. The molecule has 0 unspecified atom stereocenters. The second kappa shape index (κ2) is 18.6. The van der Waals surface area contributed by atoms with Gasteiger partial charge in [-0.2, -0.15) is 0 Å². The Hall–Kier alpha value is -4.34. The van der Waals surface area contributed by atoms with Crippen molar-refractivity contribution in [3.8, 4) is 0 Å². The van der Waals surface area contributed by atoms with E-state index in [1.807, 2.05) is 39.8 Å². The number of Topliss-reactive ketones (excluding diaryl/α,β-unsaturated/α-hetero) is 4. The van der Waals surface area contributed by atoms with Crippen LogP contribution in [0.1, 0.15) is 108 Å². The Bertz CT molecular complexity index is 1470. The number of rotatable bonds is 17. The maximum absolute atomic E-state index is 13.3. The maximum atomic E-state index is 13.3. The van der Waals surface area contributed by atoms with Crippen LogP contribution >= 0.6 is 0 Å². The molecule has 0 aromatic carbocycles. The lowest BCUT2D eigenvalue weighted by atomic mass is 9.74. The van der Waals surface area contributed by atoms with Gasteiger partial charge >= 0.3 is 11.9 Å². The van der Waals surface area contributed by atoms with Crippen LogP contribution in [0, 0.1) is 23.7 Å². The fraction of sp³-hybridized carbons (Fsp3) is 0.550. The van der Waals surface area contributed by atoms with Gasteiger partial charge in [0.2, 0.25) is 23.1 Å². The van der Waals surface area contributed by atoms with E-state index in [4.69, 9.17) is 9.47 Å². The molecule has 2 N–H and O–H groups in total. The van der Waals surface area contributed by atoms with Crippen molar-refractivity contribution in [3.63, 3.8) is 0 Å². The predicted molar refractivity (Wildman–Crippen MR) is 190 cm³/mol. The summed E-state index contributed by atoms with van der Waals surface area (Å²) in [6.45, 7) is 17.4. The van der Waals surface area contributed by atoms with Gasteiger partial charge in [0.25, 0.3) is 0 Å². The third-order valence-electron chi connectivity index (χ3n) is 9.65. The number of aliphatic hydroxyl groups excluding tert-OH is 2. The number of carbonyl (C=O) groups is 6. The summed E-state index contributed by atoms with van der Waals surface area (Å²) < 4.78 is 10.7. The number of hydrogen-bond donors (Lipinski definition) is 2. The van der Waals surface area contributed by atoms with E-state index in [2.05, 4.69) is 0 Å². The molecule has 0 saturated carbocycles. The van der Waals surface area contributed by atoms with Crippen LogP contribution in [0.2, 0.25) is 0 Å². The van der Waals surface area contributed by atoms with E-state index in [1.54, 1.807) is 27.7 Å². The normalized spacial score (nSPS) is 18.9. The fourth-order valence-corrected chi connectivity index (χ4v) is 5.73. The number of hydrogen-bond acceptors (Lipinski definition) is 10. The lowest BCUT2D eigenvalue weighted by Crippen LogP contribution is -2.33. The summed E-state index contributed by atoms with van der Waals surface area (Å²) in [7, 11) is 0. The Morgan fingerprint density at radius 2 is 0.940 bits per heavy atom. The summed E-state index contributed by atoms with van der Waals surface area (Å²) >= 11 is 0. The second-order valence-electron chi connectivity index (χ2n) is 13.7. The number of allylic oxidation sites excluding steroid dienone is 8. The van der Waals surface area contributed by atoms with Crippen LogP contribution in [0.4, 0.5) is 0 Å². The summed E-state index contributed by atoms with van der Waals surface area (Å²) in [6.07, 6.45) is 6.73. The Kier molecular flexibility index (Phi) is 15.6. The largest absolute Gasteiger partial charge is 0.507 e. The molecular weight excluding hydrogens is 640 g/mol. The summed E-state index contributed by atoms with van der Waals surface area (Å²) in [4.78, 5) is 77.0. The molecule has 0 fully saturated rings. The zero-order valence-electron chi connectivity index (χ0n) is 31.3. The van der Waals surface area contributed by atoms with Crippen molar-refractivity contribution in [2.75, 3.05) is 13.2 Å². The van der Waals surface area contributed by atoms with Crippen molar-refractivity contribution in [1.82, 2.24) is 0 Å². The van der Waals surface area contributed by atoms with Crippen molar-refractivity contribution in [1.29, 1.82) is 0 Å². The van der Waals surface area contributed by atoms with Crippen molar-refractivity contribution in [2.45, 2.75) is 108 Å². The summed E-state index contributed by atoms with van der Waals surface area (Å²) in [5.41, 5.74) is 0.809. The minimum Gasteiger partial charge on any atom is -0.507 e. The van der Waals surface area contributed by atoms with Crippen LogP contribution in [-0.2, 0) is 38.2 Å². The quantitative estimate of drug-likeness (QED) is 0.0677. The predicted octanol–water partition coefficient (Wildman–Crippen LogP) is 7.45. The highest BCUT2D eigenvalue weighted by Crippen LogP contribution is 2.42. The van der Waals surface area contributed by atoms with E-state index in [9.17, 15) is 39.0 Å². The maximum Gasteiger partial charge on any atom is 0.308 e. The minimum atomic E-state index is -0.870. The molecule has 0 aromatic heterocycles. The first-order valence-corrected chi connectivity index (χ1v) is 17.5. The molecule has 0 aromatic rings. The molecule has 274 valence electrons. The minimum absolute atomic E-state index is 0.130. The van der Waals surface area contributed by atoms with Crippen LogP contribution in [0.25, 0.3) is 0 Å². The summed E-state index contributed by atoms with van der Waals surface area (Å²) in [5.74, 6) is -6.65. The smallest absolute Gasteiger partial charge is 0.308 e. The summed E-state index contributed by atoms with van der Waals surface area (Å²) in [6, 6.07) is 0. The van der Waals surface area contributed by atoms with Gasteiger partial charge in [0.1, 0.15) is 24.7 Å². The van der Waals surface area contributed by atoms with Crippen LogP contribution in [0.3, 0.4) is 0 Å². The monoisotopic (exact) mass is 694 g/mol. The Balaban J connectivity index is 2.36. The Morgan fingerprint density at radius 1 is 0.620 bits per heavy atom. The SMILES string of the molecule is CC[C@@H](C)C(=O)OC/C(C)=C\CC[C@H](C)C1=C(O)C(C2=C(C)C(=O)C(=O)C([C@@H](C)CC/C=C(/C)COC(=O)[C@@H](C)CC)=C2O)=C(C)C(=O)C1=O. The Morgan fingerprint density at radius 3 is 1.24 bits per heavy atom. The van der Waals surface area contributed by atoms with Crippen molar-refractivity contribution in [3.05, 3.63) is 68.3 Å². The number of aliphatic hydroxyl groups is 2. The van der Waals surface area contributed by atoms with Crippen molar-refractivity contribution < 1.29 is 48.5 Å². The molecule has 10 nitrogen and oxygen atoms in total. The van der Waals surface area contributed by atoms with Gasteiger partial charge < -0.3 is 19.7 Å². The van der Waals surface area contributed by atoms with Crippen molar-refractivity contribution in [2.24, 2.45) is 23.7 Å². The average molecular weight is 695 g/mol. The van der Waals surface area contributed by atoms with Crippen LogP contribution in [0.5, 0.6) is 0 Å². The highest BCUT2D eigenvalue weighted by atomic mass is 16.5. The molecule has 0 bridgehead atoms. The molecular formula is C40H54O10. The molecule has 10 heteroatoms. The Labute approximate surface area is 296 Å². The molecule has 2 rings (SSSR count). The highest BCUT2D eigenvalue weighted by Gasteiger charge is 2.42. The summed E-state index contributed by atoms with van der Waals surface area (Å²) in [5, 5.41) is 23.1. The van der Waals surface area contributed by atoms with Gasteiger partial charge in [-0.3, -0.25) is 28.8 Å². The molecule has 2 aliphatic rings. The molecule has 0 radical (unpaired) electrons.